The molecule has 0 spiro atoms. The molecule has 0 fully saturated rings. The number of anilines is 1. The Hall–Kier alpha value is -3.23. The van der Waals surface area contributed by atoms with Crippen molar-refractivity contribution in [1.82, 2.24) is 10.1 Å². The molecule has 0 atom stereocenters. The Morgan fingerprint density at radius 1 is 1.08 bits per heavy atom. The fourth-order valence-corrected chi connectivity index (χ4v) is 2.01. The minimum absolute atomic E-state index is 0.0481. The van der Waals surface area contributed by atoms with Crippen molar-refractivity contribution in [2.75, 3.05) is 5.32 Å². The molecule has 1 aromatic heterocycles. The van der Waals surface area contributed by atoms with E-state index in [1.54, 1.807) is 30.3 Å². The molecule has 9 heteroatoms. The van der Waals surface area contributed by atoms with E-state index in [0.29, 0.717) is 5.69 Å². The fraction of sp³-hybridized carbons (Fsp3) is 0.0625. The zero-order valence-corrected chi connectivity index (χ0v) is 12.3. The minimum atomic E-state index is -4.79. The monoisotopic (exact) mass is 351 g/mol. The highest BCUT2D eigenvalue weighted by molar-refractivity contribution is 6.04. The normalized spacial score (nSPS) is 11.4. The third-order valence-corrected chi connectivity index (χ3v) is 3.17. The zero-order valence-electron chi connectivity index (χ0n) is 12.3. The molecule has 2 aromatic carbocycles. The number of halogens is 4. The third-order valence-electron chi connectivity index (χ3n) is 3.17. The number of nitrogens with zero attached hydrogens (tertiary/aromatic N) is 2. The molecule has 5 nitrogen and oxygen atoms in total. The lowest BCUT2D eigenvalue weighted by Crippen LogP contribution is -2.13. The van der Waals surface area contributed by atoms with Crippen molar-refractivity contribution >= 4 is 11.6 Å². The molecule has 3 aromatic rings. The van der Waals surface area contributed by atoms with E-state index in [0.717, 1.165) is 12.1 Å². The topological polar surface area (TPSA) is 68.0 Å². The van der Waals surface area contributed by atoms with Gasteiger partial charge in [-0.15, -0.1) is 0 Å². The van der Waals surface area contributed by atoms with Gasteiger partial charge in [0, 0.05) is 11.3 Å². The number of benzene rings is 2. The van der Waals surface area contributed by atoms with Crippen molar-refractivity contribution < 1.29 is 26.9 Å². The molecule has 128 valence electrons. The van der Waals surface area contributed by atoms with Crippen LogP contribution in [0.5, 0.6) is 0 Å². The first-order valence-corrected chi connectivity index (χ1v) is 6.92. The average Bonchev–Trinajstić information content (AvgIpc) is 3.06. The van der Waals surface area contributed by atoms with Gasteiger partial charge in [-0.1, -0.05) is 29.4 Å². The van der Waals surface area contributed by atoms with Crippen molar-refractivity contribution in [3.8, 4) is 11.4 Å². The summed E-state index contributed by atoms with van der Waals surface area (Å²) in [4.78, 5) is 15.2. The SMILES string of the molecule is O=C(Nc1ccccc1)c1ccc(-c2noc(C(F)(F)F)n2)cc1F. The highest BCUT2D eigenvalue weighted by Gasteiger charge is 2.38. The fourth-order valence-electron chi connectivity index (χ4n) is 2.01. The maximum Gasteiger partial charge on any atom is 0.471 e. The Kier molecular flexibility index (Phi) is 4.22. The number of rotatable bonds is 3. The van der Waals surface area contributed by atoms with E-state index in [4.69, 9.17) is 0 Å². The smallest absolute Gasteiger partial charge is 0.329 e. The summed E-state index contributed by atoms with van der Waals surface area (Å²) in [6.45, 7) is 0. The van der Waals surface area contributed by atoms with Gasteiger partial charge in [-0.3, -0.25) is 4.79 Å². The van der Waals surface area contributed by atoms with E-state index >= 15 is 0 Å². The van der Waals surface area contributed by atoms with E-state index in [1.807, 2.05) is 0 Å². The molecule has 0 aliphatic heterocycles. The molecule has 0 aliphatic carbocycles. The first-order chi connectivity index (χ1) is 11.8. The second kappa shape index (κ2) is 6.34. The van der Waals surface area contributed by atoms with E-state index in [1.165, 1.54) is 6.07 Å². The molecular formula is C16H9F4N3O2. The summed E-state index contributed by atoms with van der Waals surface area (Å²) in [6, 6.07) is 11.6. The van der Waals surface area contributed by atoms with Gasteiger partial charge in [-0.25, -0.2) is 4.39 Å². The standard InChI is InChI=1S/C16H9F4N3O2/c17-12-8-9(13-22-15(25-23-13)16(18,19)20)6-7-11(12)14(24)21-10-4-2-1-3-5-10/h1-8H,(H,21,24). The van der Waals surface area contributed by atoms with Gasteiger partial charge in [0.15, 0.2) is 0 Å². The van der Waals surface area contributed by atoms with Gasteiger partial charge in [-0.05, 0) is 24.3 Å². The lowest BCUT2D eigenvalue weighted by Gasteiger charge is -2.06. The lowest BCUT2D eigenvalue weighted by atomic mass is 10.1. The Balaban J connectivity index is 1.83. The van der Waals surface area contributed by atoms with Crippen molar-refractivity contribution in [3.05, 3.63) is 65.8 Å². The molecule has 1 N–H and O–H groups in total. The zero-order chi connectivity index (χ0) is 18.0. The Labute approximate surface area is 138 Å². The van der Waals surface area contributed by atoms with Gasteiger partial charge < -0.3 is 9.84 Å². The number of alkyl halides is 3. The van der Waals surface area contributed by atoms with E-state index in [2.05, 4.69) is 20.0 Å². The highest BCUT2D eigenvalue weighted by atomic mass is 19.4. The van der Waals surface area contributed by atoms with Crippen LogP contribution in [0.2, 0.25) is 0 Å². The summed E-state index contributed by atoms with van der Waals surface area (Å²) in [5.74, 6) is -3.58. The van der Waals surface area contributed by atoms with Gasteiger partial charge >= 0.3 is 12.1 Å². The van der Waals surface area contributed by atoms with Crippen molar-refractivity contribution in [3.63, 3.8) is 0 Å². The third kappa shape index (κ3) is 3.65. The second-order valence-electron chi connectivity index (χ2n) is 4.94. The highest BCUT2D eigenvalue weighted by Crippen LogP contribution is 2.29. The second-order valence-corrected chi connectivity index (χ2v) is 4.94. The first-order valence-electron chi connectivity index (χ1n) is 6.92. The van der Waals surface area contributed by atoms with Gasteiger partial charge in [0.05, 0.1) is 5.56 Å². The lowest BCUT2D eigenvalue weighted by molar-refractivity contribution is -0.159. The molecule has 0 radical (unpaired) electrons. The maximum absolute atomic E-state index is 14.2. The average molecular weight is 351 g/mol. The molecule has 3 rings (SSSR count). The van der Waals surface area contributed by atoms with Crippen LogP contribution in [0.3, 0.4) is 0 Å². The quantitative estimate of drug-likeness (QED) is 0.720. The number of nitrogens with one attached hydrogen (secondary N) is 1. The van der Waals surface area contributed by atoms with Crippen LogP contribution in [-0.2, 0) is 6.18 Å². The van der Waals surface area contributed by atoms with Crippen LogP contribution in [0, 0.1) is 5.82 Å². The van der Waals surface area contributed by atoms with Crippen LogP contribution in [0.25, 0.3) is 11.4 Å². The van der Waals surface area contributed by atoms with Gasteiger partial charge in [0.25, 0.3) is 5.91 Å². The molecule has 0 unspecified atom stereocenters. The number of hydrogen-bond acceptors (Lipinski definition) is 4. The molecule has 0 saturated carbocycles. The summed E-state index contributed by atoms with van der Waals surface area (Å²) >= 11 is 0. The van der Waals surface area contributed by atoms with Gasteiger partial charge in [0.1, 0.15) is 5.82 Å². The molecule has 0 bridgehead atoms. The molecular weight excluding hydrogens is 342 g/mol. The van der Waals surface area contributed by atoms with E-state index < -0.39 is 29.6 Å². The summed E-state index contributed by atoms with van der Waals surface area (Å²) < 4.78 is 55.6. The number of aromatic nitrogens is 2. The Morgan fingerprint density at radius 2 is 1.80 bits per heavy atom. The minimum Gasteiger partial charge on any atom is -0.329 e. The maximum atomic E-state index is 14.2. The predicted octanol–water partition coefficient (Wildman–Crippen LogP) is 4.15. The summed E-state index contributed by atoms with van der Waals surface area (Å²) in [6.07, 6.45) is -4.79. The predicted molar refractivity (Wildman–Crippen MR) is 79.1 cm³/mol. The molecule has 0 saturated heterocycles. The molecule has 0 aliphatic rings. The molecule has 1 amide bonds. The van der Waals surface area contributed by atoms with Crippen LogP contribution in [0.15, 0.2) is 53.1 Å². The van der Waals surface area contributed by atoms with Crippen molar-refractivity contribution in [2.24, 2.45) is 0 Å². The number of hydrogen-bond donors (Lipinski definition) is 1. The summed E-state index contributed by atoms with van der Waals surface area (Å²) in [5, 5.41) is 5.67. The van der Waals surface area contributed by atoms with Crippen LogP contribution < -0.4 is 5.32 Å². The Bertz CT molecular complexity index is 907. The molecule has 25 heavy (non-hydrogen) atoms. The summed E-state index contributed by atoms with van der Waals surface area (Å²) in [7, 11) is 0. The van der Waals surface area contributed by atoms with E-state index in [-0.39, 0.29) is 11.1 Å². The molecule has 1 heterocycles. The van der Waals surface area contributed by atoms with Gasteiger partial charge in [0.2, 0.25) is 5.82 Å². The van der Waals surface area contributed by atoms with E-state index in [9.17, 15) is 22.4 Å². The number of carbonyl (C=O) groups excluding carboxylic acids is 1. The van der Waals surface area contributed by atoms with Crippen molar-refractivity contribution in [1.29, 1.82) is 0 Å². The van der Waals surface area contributed by atoms with Crippen LogP contribution in [0.4, 0.5) is 23.2 Å². The number of carbonyl (C=O) groups is 1. The van der Waals surface area contributed by atoms with Gasteiger partial charge in [-0.2, -0.15) is 18.2 Å². The summed E-state index contributed by atoms with van der Waals surface area (Å²) in [5.41, 5.74) is 0.157. The van der Waals surface area contributed by atoms with Crippen LogP contribution >= 0.6 is 0 Å². The number of para-hydroxylation sites is 1. The largest absolute Gasteiger partial charge is 0.471 e. The first kappa shape index (κ1) is 16.6. The van der Waals surface area contributed by atoms with Crippen LogP contribution in [0.1, 0.15) is 16.2 Å². The van der Waals surface area contributed by atoms with Crippen molar-refractivity contribution in [2.45, 2.75) is 6.18 Å². The Morgan fingerprint density at radius 3 is 2.40 bits per heavy atom. The van der Waals surface area contributed by atoms with Crippen LogP contribution in [-0.4, -0.2) is 16.0 Å². The number of amides is 1.